The van der Waals surface area contributed by atoms with Gasteiger partial charge in [0.2, 0.25) is 5.88 Å². The average molecular weight is 272 g/mol. The molecule has 0 unspecified atom stereocenters. The fourth-order valence-electron chi connectivity index (χ4n) is 1.48. The molecule has 0 radical (unpaired) electrons. The van der Waals surface area contributed by atoms with Crippen LogP contribution in [-0.2, 0) is 0 Å². The van der Waals surface area contributed by atoms with Crippen LogP contribution in [0.4, 0.5) is 10.1 Å². The Morgan fingerprint density at radius 2 is 2.10 bits per heavy atom. The number of ether oxygens (including phenoxy) is 1. The van der Waals surface area contributed by atoms with Crippen molar-refractivity contribution in [3.8, 4) is 17.7 Å². The molecule has 20 heavy (non-hydrogen) atoms. The van der Waals surface area contributed by atoms with Gasteiger partial charge < -0.3 is 16.2 Å². The molecule has 0 aliphatic heterocycles. The molecular weight excluding hydrogens is 263 g/mol. The highest BCUT2D eigenvalue weighted by molar-refractivity contribution is 5.93. The summed E-state index contributed by atoms with van der Waals surface area (Å²) in [5, 5.41) is 8.79. The SMILES string of the molecule is N#Cc1nc(Oc2ccc(C(N)=O)c(F)c2)ccc1N. The molecule has 1 heterocycles. The van der Waals surface area contributed by atoms with E-state index in [0.29, 0.717) is 0 Å². The minimum absolute atomic E-state index is 0.0109. The zero-order valence-corrected chi connectivity index (χ0v) is 10.1. The van der Waals surface area contributed by atoms with Crippen LogP contribution in [0.5, 0.6) is 11.6 Å². The maximum absolute atomic E-state index is 13.5. The van der Waals surface area contributed by atoms with Crippen molar-refractivity contribution in [2.75, 3.05) is 5.73 Å². The lowest BCUT2D eigenvalue weighted by atomic mass is 10.2. The Morgan fingerprint density at radius 1 is 1.35 bits per heavy atom. The van der Waals surface area contributed by atoms with Gasteiger partial charge in [-0.25, -0.2) is 9.37 Å². The van der Waals surface area contributed by atoms with Crippen molar-refractivity contribution < 1.29 is 13.9 Å². The Balaban J connectivity index is 2.29. The van der Waals surface area contributed by atoms with Gasteiger partial charge >= 0.3 is 0 Å². The van der Waals surface area contributed by atoms with Gasteiger partial charge in [0.1, 0.15) is 17.6 Å². The number of nitrogen functional groups attached to an aromatic ring is 1. The molecule has 6 nitrogen and oxygen atoms in total. The molecule has 1 aromatic carbocycles. The summed E-state index contributed by atoms with van der Waals surface area (Å²) < 4.78 is 18.8. The minimum atomic E-state index is -0.869. The number of carbonyl (C=O) groups is 1. The number of halogens is 1. The lowest BCUT2D eigenvalue weighted by Crippen LogP contribution is -2.12. The van der Waals surface area contributed by atoms with E-state index >= 15 is 0 Å². The van der Waals surface area contributed by atoms with Crippen molar-refractivity contribution in [3.63, 3.8) is 0 Å². The van der Waals surface area contributed by atoms with Gasteiger partial charge in [-0.15, -0.1) is 0 Å². The van der Waals surface area contributed by atoms with Crippen LogP contribution >= 0.6 is 0 Å². The number of benzene rings is 1. The molecule has 100 valence electrons. The smallest absolute Gasteiger partial charge is 0.251 e. The summed E-state index contributed by atoms with van der Waals surface area (Å²) >= 11 is 0. The van der Waals surface area contributed by atoms with Crippen molar-refractivity contribution in [3.05, 3.63) is 47.4 Å². The number of pyridine rings is 1. The van der Waals surface area contributed by atoms with Gasteiger partial charge in [-0.05, 0) is 18.2 Å². The maximum Gasteiger partial charge on any atom is 0.251 e. The zero-order chi connectivity index (χ0) is 14.7. The Kier molecular flexibility index (Phi) is 3.48. The standard InChI is InChI=1S/C13H9FN4O2/c14-9-5-7(1-2-8(9)13(17)19)20-12-4-3-10(16)11(6-15)18-12/h1-5H,16H2,(H2,17,19). The molecular formula is C13H9FN4O2. The summed E-state index contributed by atoms with van der Waals surface area (Å²) in [5.74, 6) is -1.46. The normalized spacial score (nSPS) is 9.80. The van der Waals surface area contributed by atoms with E-state index in [1.54, 1.807) is 6.07 Å². The number of hydrogen-bond donors (Lipinski definition) is 2. The number of nitriles is 1. The van der Waals surface area contributed by atoms with Crippen LogP contribution in [0.2, 0.25) is 0 Å². The largest absolute Gasteiger partial charge is 0.439 e. The molecule has 2 aromatic rings. The average Bonchev–Trinajstić information content (AvgIpc) is 2.40. The second kappa shape index (κ2) is 5.24. The Hall–Kier alpha value is -3.14. The molecule has 0 aliphatic carbocycles. The van der Waals surface area contributed by atoms with Gasteiger partial charge in [0.15, 0.2) is 5.69 Å². The molecule has 0 fully saturated rings. The summed E-state index contributed by atoms with van der Waals surface area (Å²) in [6.45, 7) is 0. The number of nitrogens with two attached hydrogens (primary N) is 2. The van der Waals surface area contributed by atoms with E-state index < -0.39 is 11.7 Å². The predicted molar refractivity (Wildman–Crippen MR) is 68.4 cm³/mol. The summed E-state index contributed by atoms with van der Waals surface area (Å²) in [6, 6.07) is 8.28. The van der Waals surface area contributed by atoms with Gasteiger partial charge in [0.25, 0.3) is 5.91 Å². The van der Waals surface area contributed by atoms with Gasteiger partial charge in [-0.3, -0.25) is 4.79 Å². The minimum Gasteiger partial charge on any atom is -0.439 e. The number of anilines is 1. The Bertz CT molecular complexity index is 725. The van der Waals surface area contributed by atoms with E-state index in [4.69, 9.17) is 21.5 Å². The zero-order valence-electron chi connectivity index (χ0n) is 10.1. The first-order valence-electron chi connectivity index (χ1n) is 5.45. The maximum atomic E-state index is 13.5. The Morgan fingerprint density at radius 3 is 2.70 bits per heavy atom. The van der Waals surface area contributed by atoms with E-state index in [1.807, 2.05) is 0 Å². The molecule has 0 atom stereocenters. The van der Waals surface area contributed by atoms with Crippen molar-refractivity contribution in [2.24, 2.45) is 5.73 Å². The highest BCUT2D eigenvalue weighted by Gasteiger charge is 2.10. The lowest BCUT2D eigenvalue weighted by Gasteiger charge is -2.07. The monoisotopic (exact) mass is 272 g/mol. The molecule has 1 amide bonds. The predicted octanol–water partition coefficient (Wildman–Crippen LogP) is 1.57. The fraction of sp³-hybridized carbons (Fsp3) is 0. The van der Waals surface area contributed by atoms with Crippen LogP contribution in [0.15, 0.2) is 30.3 Å². The fourth-order valence-corrected chi connectivity index (χ4v) is 1.48. The first-order chi connectivity index (χ1) is 9.51. The van der Waals surface area contributed by atoms with Gasteiger partial charge in [0, 0.05) is 12.1 Å². The third-order valence-electron chi connectivity index (χ3n) is 2.44. The number of carbonyl (C=O) groups excluding carboxylic acids is 1. The van der Waals surface area contributed by atoms with Crippen LogP contribution in [0.3, 0.4) is 0 Å². The molecule has 0 spiro atoms. The molecule has 0 saturated heterocycles. The topological polar surface area (TPSA) is 115 Å². The quantitative estimate of drug-likeness (QED) is 0.879. The van der Waals surface area contributed by atoms with Crippen LogP contribution in [0, 0.1) is 17.1 Å². The van der Waals surface area contributed by atoms with Crippen molar-refractivity contribution >= 4 is 11.6 Å². The molecule has 7 heteroatoms. The van der Waals surface area contributed by atoms with Crippen molar-refractivity contribution in [1.82, 2.24) is 4.98 Å². The van der Waals surface area contributed by atoms with Crippen molar-refractivity contribution in [1.29, 1.82) is 5.26 Å². The second-order valence-electron chi connectivity index (χ2n) is 3.81. The van der Waals surface area contributed by atoms with Gasteiger partial charge in [0.05, 0.1) is 11.3 Å². The van der Waals surface area contributed by atoms with Gasteiger partial charge in [-0.2, -0.15) is 5.26 Å². The van der Waals surface area contributed by atoms with Crippen LogP contribution in [0.1, 0.15) is 16.1 Å². The second-order valence-corrected chi connectivity index (χ2v) is 3.81. The first kappa shape index (κ1) is 13.3. The molecule has 2 rings (SSSR count). The van der Waals surface area contributed by atoms with Crippen LogP contribution < -0.4 is 16.2 Å². The molecule has 0 bridgehead atoms. The summed E-state index contributed by atoms with van der Waals surface area (Å²) in [5.41, 5.74) is 10.5. The van der Waals surface area contributed by atoms with Crippen molar-refractivity contribution in [2.45, 2.75) is 0 Å². The number of rotatable bonds is 3. The van der Waals surface area contributed by atoms with E-state index in [9.17, 15) is 9.18 Å². The number of primary amides is 1. The summed E-state index contributed by atoms with van der Waals surface area (Å²) in [4.78, 5) is 14.7. The summed E-state index contributed by atoms with van der Waals surface area (Å²) in [6.07, 6.45) is 0. The molecule has 1 aromatic heterocycles. The highest BCUT2D eigenvalue weighted by atomic mass is 19.1. The van der Waals surface area contributed by atoms with Gasteiger partial charge in [-0.1, -0.05) is 0 Å². The van der Waals surface area contributed by atoms with Crippen LogP contribution in [0.25, 0.3) is 0 Å². The van der Waals surface area contributed by atoms with Crippen LogP contribution in [-0.4, -0.2) is 10.9 Å². The Labute approximate surface area is 113 Å². The number of aromatic nitrogens is 1. The van der Waals surface area contributed by atoms with E-state index in [0.717, 1.165) is 6.07 Å². The first-order valence-corrected chi connectivity index (χ1v) is 5.45. The van der Waals surface area contributed by atoms with E-state index in [-0.39, 0.29) is 28.6 Å². The number of nitrogens with zero attached hydrogens (tertiary/aromatic N) is 2. The lowest BCUT2D eigenvalue weighted by molar-refractivity contribution is 0.0996. The molecule has 0 aliphatic rings. The van der Waals surface area contributed by atoms with E-state index in [2.05, 4.69) is 4.98 Å². The number of amides is 1. The van der Waals surface area contributed by atoms with E-state index in [1.165, 1.54) is 24.3 Å². The number of hydrogen-bond acceptors (Lipinski definition) is 5. The highest BCUT2D eigenvalue weighted by Crippen LogP contribution is 2.23. The summed E-state index contributed by atoms with van der Waals surface area (Å²) in [7, 11) is 0. The third kappa shape index (κ3) is 2.64. The third-order valence-corrected chi connectivity index (χ3v) is 2.44. The molecule has 4 N–H and O–H groups in total. The molecule has 0 saturated carbocycles.